The lowest BCUT2D eigenvalue weighted by Gasteiger charge is -2.13. The fourth-order valence-electron chi connectivity index (χ4n) is 2.99. The maximum atomic E-state index is 5.47. The van der Waals surface area contributed by atoms with Crippen LogP contribution in [0.2, 0.25) is 0 Å². The molecule has 3 aromatic heterocycles. The molecule has 0 radical (unpaired) electrons. The van der Waals surface area contributed by atoms with Gasteiger partial charge in [-0.3, -0.25) is 9.67 Å². The standard InChI is InChI=1S/C20H18N4O2/c1-24-12-13(11-22-24)17-8-14(16-6-4-5-7-21-16)15-9-19(25-2)20(26-3)10-18(15)23-17/h4-12H,1-3H3. The van der Waals surface area contributed by atoms with E-state index in [1.807, 2.05) is 49.6 Å². The minimum atomic E-state index is 0.641. The molecule has 0 saturated carbocycles. The van der Waals surface area contributed by atoms with E-state index >= 15 is 0 Å². The minimum absolute atomic E-state index is 0.641. The van der Waals surface area contributed by atoms with Crippen LogP contribution in [-0.4, -0.2) is 34.0 Å². The molecule has 0 atom stereocenters. The lowest BCUT2D eigenvalue weighted by molar-refractivity contribution is 0.356. The number of methoxy groups -OCH3 is 2. The summed E-state index contributed by atoms with van der Waals surface area (Å²) in [4.78, 5) is 9.33. The highest BCUT2D eigenvalue weighted by molar-refractivity contribution is 5.97. The van der Waals surface area contributed by atoms with E-state index in [4.69, 9.17) is 14.5 Å². The van der Waals surface area contributed by atoms with E-state index in [2.05, 4.69) is 10.1 Å². The van der Waals surface area contributed by atoms with Gasteiger partial charge in [0.1, 0.15) is 0 Å². The summed E-state index contributed by atoms with van der Waals surface area (Å²) >= 11 is 0. The van der Waals surface area contributed by atoms with Crippen molar-refractivity contribution in [1.82, 2.24) is 19.7 Å². The number of ether oxygens (including phenoxy) is 2. The number of hydrogen-bond acceptors (Lipinski definition) is 5. The molecule has 4 aromatic rings. The number of benzene rings is 1. The Morgan fingerprint density at radius 1 is 0.962 bits per heavy atom. The molecule has 0 fully saturated rings. The summed E-state index contributed by atoms with van der Waals surface area (Å²) in [5.74, 6) is 1.30. The average molecular weight is 346 g/mol. The molecule has 0 N–H and O–H groups in total. The summed E-state index contributed by atoms with van der Waals surface area (Å²) in [6.45, 7) is 0. The Kier molecular flexibility index (Phi) is 4.01. The molecule has 1 aromatic carbocycles. The highest BCUT2D eigenvalue weighted by Gasteiger charge is 2.15. The van der Waals surface area contributed by atoms with Gasteiger partial charge in [-0.25, -0.2) is 4.98 Å². The third kappa shape index (κ3) is 2.75. The van der Waals surface area contributed by atoms with Gasteiger partial charge in [0.15, 0.2) is 11.5 Å². The van der Waals surface area contributed by atoms with Crippen LogP contribution in [0.3, 0.4) is 0 Å². The van der Waals surface area contributed by atoms with Gasteiger partial charge in [0.05, 0.1) is 37.3 Å². The molecule has 6 heteroatoms. The van der Waals surface area contributed by atoms with Crippen LogP contribution in [0, 0.1) is 0 Å². The van der Waals surface area contributed by atoms with Crippen LogP contribution in [0.15, 0.2) is 55.0 Å². The van der Waals surface area contributed by atoms with Gasteiger partial charge < -0.3 is 9.47 Å². The topological polar surface area (TPSA) is 62.1 Å². The molecule has 0 spiro atoms. The number of aromatic nitrogens is 4. The summed E-state index contributed by atoms with van der Waals surface area (Å²) in [5.41, 5.74) is 4.44. The summed E-state index contributed by atoms with van der Waals surface area (Å²) in [6.07, 6.45) is 5.53. The Hall–Kier alpha value is -3.41. The predicted octanol–water partition coefficient (Wildman–Crippen LogP) is 3.71. The maximum Gasteiger partial charge on any atom is 0.162 e. The Bertz CT molecular complexity index is 1070. The molecule has 0 aliphatic heterocycles. The second kappa shape index (κ2) is 6.48. The minimum Gasteiger partial charge on any atom is -0.493 e. The molecule has 0 aliphatic rings. The predicted molar refractivity (Wildman–Crippen MR) is 100 cm³/mol. The molecule has 0 bridgehead atoms. The van der Waals surface area contributed by atoms with Gasteiger partial charge in [-0.1, -0.05) is 6.07 Å². The lowest BCUT2D eigenvalue weighted by Crippen LogP contribution is -1.95. The highest BCUT2D eigenvalue weighted by Crippen LogP contribution is 2.37. The maximum absolute atomic E-state index is 5.47. The summed E-state index contributed by atoms with van der Waals surface area (Å²) in [7, 11) is 5.13. The van der Waals surface area contributed by atoms with Crippen molar-refractivity contribution in [1.29, 1.82) is 0 Å². The molecular formula is C20H18N4O2. The van der Waals surface area contributed by atoms with Crippen molar-refractivity contribution in [2.24, 2.45) is 7.05 Å². The first-order valence-corrected chi connectivity index (χ1v) is 8.17. The lowest BCUT2D eigenvalue weighted by atomic mass is 10.0. The zero-order valence-corrected chi connectivity index (χ0v) is 14.8. The fourth-order valence-corrected chi connectivity index (χ4v) is 2.99. The smallest absolute Gasteiger partial charge is 0.162 e. The third-order valence-corrected chi connectivity index (χ3v) is 4.26. The van der Waals surface area contributed by atoms with Crippen molar-refractivity contribution < 1.29 is 9.47 Å². The van der Waals surface area contributed by atoms with Gasteiger partial charge in [-0.2, -0.15) is 5.10 Å². The van der Waals surface area contributed by atoms with Crippen LogP contribution < -0.4 is 9.47 Å². The monoisotopic (exact) mass is 346 g/mol. The number of nitrogens with zero attached hydrogens (tertiary/aromatic N) is 4. The van der Waals surface area contributed by atoms with Crippen molar-refractivity contribution >= 4 is 10.9 Å². The largest absolute Gasteiger partial charge is 0.493 e. The van der Waals surface area contributed by atoms with Gasteiger partial charge in [0.25, 0.3) is 0 Å². The number of hydrogen-bond donors (Lipinski definition) is 0. The molecule has 0 saturated heterocycles. The van der Waals surface area contributed by atoms with E-state index < -0.39 is 0 Å². The van der Waals surface area contributed by atoms with Crippen molar-refractivity contribution in [2.45, 2.75) is 0 Å². The van der Waals surface area contributed by atoms with Crippen LogP contribution in [-0.2, 0) is 7.05 Å². The van der Waals surface area contributed by atoms with Gasteiger partial charge in [0.2, 0.25) is 0 Å². The number of pyridine rings is 2. The molecule has 26 heavy (non-hydrogen) atoms. The molecule has 0 aliphatic carbocycles. The van der Waals surface area contributed by atoms with Gasteiger partial charge in [0, 0.05) is 42.0 Å². The van der Waals surface area contributed by atoms with Gasteiger partial charge >= 0.3 is 0 Å². The van der Waals surface area contributed by atoms with Crippen LogP contribution in [0.25, 0.3) is 33.4 Å². The third-order valence-electron chi connectivity index (χ3n) is 4.26. The molecule has 3 heterocycles. The van der Waals surface area contributed by atoms with E-state index in [9.17, 15) is 0 Å². The van der Waals surface area contributed by atoms with Crippen molar-refractivity contribution in [3.63, 3.8) is 0 Å². The van der Waals surface area contributed by atoms with Crippen molar-refractivity contribution in [3.05, 3.63) is 55.0 Å². The first-order chi connectivity index (χ1) is 12.7. The zero-order chi connectivity index (χ0) is 18.1. The molecule has 4 rings (SSSR count). The van der Waals surface area contributed by atoms with E-state index in [-0.39, 0.29) is 0 Å². The van der Waals surface area contributed by atoms with Gasteiger partial charge in [-0.05, 0) is 24.3 Å². The molecule has 0 unspecified atom stereocenters. The van der Waals surface area contributed by atoms with E-state index in [0.717, 1.165) is 33.4 Å². The average Bonchev–Trinajstić information content (AvgIpc) is 3.13. The Morgan fingerprint density at radius 3 is 2.42 bits per heavy atom. The van der Waals surface area contributed by atoms with Crippen LogP contribution >= 0.6 is 0 Å². The number of rotatable bonds is 4. The normalized spacial score (nSPS) is 10.9. The fraction of sp³-hybridized carbons (Fsp3) is 0.150. The summed E-state index contributed by atoms with van der Waals surface area (Å²) in [6, 6.07) is 11.7. The number of fused-ring (bicyclic) bond motifs is 1. The molecule has 0 amide bonds. The Labute approximate surface area is 151 Å². The molecule has 6 nitrogen and oxygen atoms in total. The summed E-state index contributed by atoms with van der Waals surface area (Å²) in [5, 5.41) is 5.21. The summed E-state index contributed by atoms with van der Waals surface area (Å²) < 4.78 is 12.7. The van der Waals surface area contributed by atoms with Crippen LogP contribution in [0.4, 0.5) is 0 Å². The van der Waals surface area contributed by atoms with E-state index in [1.165, 1.54) is 0 Å². The Balaban J connectivity index is 2.04. The first-order valence-electron chi connectivity index (χ1n) is 8.17. The molecule has 130 valence electrons. The van der Waals surface area contributed by atoms with Crippen LogP contribution in [0.1, 0.15) is 0 Å². The quantitative estimate of drug-likeness (QED) is 0.564. The highest BCUT2D eigenvalue weighted by atomic mass is 16.5. The van der Waals surface area contributed by atoms with Crippen molar-refractivity contribution in [2.75, 3.05) is 14.2 Å². The van der Waals surface area contributed by atoms with Crippen molar-refractivity contribution in [3.8, 4) is 34.0 Å². The van der Waals surface area contributed by atoms with Crippen LogP contribution in [0.5, 0.6) is 11.5 Å². The van der Waals surface area contributed by atoms with Gasteiger partial charge in [-0.15, -0.1) is 0 Å². The van der Waals surface area contributed by atoms with E-state index in [0.29, 0.717) is 11.5 Å². The second-order valence-corrected chi connectivity index (χ2v) is 5.90. The second-order valence-electron chi connectivity index (χ2n) is 5.90. The number of aryl methyl sites for hydroxylation is 1. The molecular weight excluding hydrogens is 328 g/mol. The van der Waals surface area contributed by atoms with E-state index in [1.54, 1.807) is 31.3 Å². The first kappa shape index (κ1) is 16.1. The SMILES string of the molecule is COc1cc2nc(-c3cnn(C)c3)cc(-c3ccccn3)c2cc1OC. The Morgan fingerprint density at radius 2 is 1.77 bits per heavy atom. The zero-order valence-electron chi connectivity index (χ0n) is 14.8.